The van der Waals surface area contributed by atoms with E-state index in [-0.39, 0.29) is 42.2 Å². The highest BCUT2D eigenvalue weighted by Crippen LogP contribution is 2.13. The summed E-state index contributed by atoms with van der Waals surface area (Å²) < 4.78 is 27.4. The van der Waals surface area contributed by atoms with E-state index in [2.05, 4.69) is 0 Å². The number of hydrogen-bond donors (Lipinski definition) is 1. The number of hydrogen-bond acceptors (Lipinski definition) is 5. The van der Waals surface area contributed by atoms with Gasteiger partial charge in [-0.25, -0.2) is 13.6 Å². The minimum absolute atomic E-state index is 0.0134. The summed E-state index contributed by atoms with van der Waals surface area (Å²) in [5, 5.41) is 5.06. The van der Waals surface area contributed by atoms with Gasteiger partial charge in [-0.3, -0.25) is 9.59 Å². The highest BCUT2D eigenvalue weighted by Gasteiger charge is 2.19. The van der Waals surface area contributed by atoms with Crippen LogP contribution in [0.4, 0.5) is 0 Å². The van der Waals surface area contributed by atoms with Crippen LogP contribution in [-0.4, -0.2) is 38.3 Å². The van der Waals surface area contributed by atoms with Crippen molar-refractivity contribution >= 4 is 21.9 Å². The molecule has 134 valence electrons. The van der Waals surface area contributed by atoms with E-state index >= 15 is 0 Å². The first-order chi connectivity index (χ1) is 11.1. The van der Waals surface area contributed by atoms with Gasteiger partial charge in [-0.05, 0) is 24.6 Å². The second kappa shape index (κ2) is 8.79. The number of rotatable bonds is 8. The van der Waals surface area contributed by atoms with Gasteiger partial charge >= 0.3 is 5.97 Å². The number of carbonyl (C=O) groups is 2. The van der Waals surface area contributed by atoms with Gasteiger partial charge < -0.3 is 9.64 Å². The number of sulfonamides is 1. The van der Waals surface area contributed by atoms with Crippen LogP contribution < -0.4 is 5.14 Å². The highest BCUT2D eigenvalue weighted by molar-refractivity contribution is 7.89. The van der Waals surface area contributed by atoms with Gasteiger partial charge in [0.25, 0.3) is 0 Å². The summed E-state index contributed by atoms with van der Waals surface area (Å²) in [6, 6.07) is 6.00. The van der Waals surface area contributed by atoms with Gasteiger partial charge in [-0.2, -0.15) is 0 Å². The molecule has 0 aliphatic heterocycles. The molecule has 0 aromatic heterocycles. The first-order valence-electron chi connectivity index (χ1n) is 7.71. The SMILES string of the molecule is CCOC(=O)CCN(Cc1ccc(S(N)(=O)=O)cc1)C(=O)C(C)C. The lowest BCUT2D eigenvalue weighted by Crippen LogP contribution is -2.35. The van der Waals surface area contributed by atoms with Crippen LogP contribution in [0, 0.1) is 5.92 Å². The molecule has 0 unspecified atom stereocenters. The normalized spacial score (nSPS) is 11.4. The summed E-state index contributed by atoms with van der Waals surface area (Å²) in [5.74, 6) is -0.658. The van der Waals surface area contributed by atoms with Crippen molar-refractivity contribution in [2.45, 2.75) is 38.6 Å². The van der Waals surface area contributed by atoms with E-state index in [1.165, 1.54) is 12.1 Å². The van der Waals surface area contributed by atoms with E-state index in [1.54, 1.807) is 37.8 Å². The summed E-state index contributed by atoms with van der Waals surface area (Å²) in [7, 11) is -3.75. The maximum Gasteiger partial charge on any atom is 0.307 e. The zero-order chi connectivity index (χ0) is 18.3. The molecule has 0 bridgehead atoms. The maximum atomic E-state index is 12.3. The molecule has 0 aliphatic rings. The molecular weight excluding hydrogens is 332 g/mol. The lowest BCUT2D eigenvalue weighted by molar-refractivity contribution is -0.144. The first-order valence-corrected chi connectivity index (χ1v) is 9.26. The number of esters is 1. The average Bonchev–Trinajstić information content (AvgIpc) is 2.50. The van der Waals surface area contributed by atoms with Crippen molar-refractivity contribution < 1.29 is 22.7 Å². The Balaban J connectivity index is 2.84. The molecule has 8 heteroatoms. The highest BCUT2D eigenvalue weighted by atomic mass is 32.2. The Bertz CT molecular complexity index is 668. The van der Waals surface area contributed by atoms with Crippen LogP contribution in [0.3, 0.4) is 0 Å². The Morgan fingerprint density at radius 1 is 1.21 bits per heavy atom. The Hall–Kier alpha value is -1.93. The van der Waals surface area contributed by atoms with Gasteiger partial charge in [0.2, 0.25) is 15.9 Å². The molecule has 1 rings (SSSR count). The number of nitrogens with two attached hydrogens (primary N) is 1. The quantitative estimate of drug-likeness (QED) is 0.706. The van der Waals surface area contributed by atoms with Crippen molar-refractivity contribution in [1.82, 2.24) is 4.90 Å². The van der Waals surface area contributed by atoms with Gasteiger partial charge in [0.05, 0.1) is 17.9 Å². The molecule has 1 aromatic rings. The van der Waals surface area contributed by atoms with E-state index in [0.717, 1.165) is 5.56 Å². The van der Waals surface area contributed by atoms with Crippen LogP contribution in [-0.2, 0) is 30.9 Å². The predicted octanol–water partition coefficient (Wildman–Crippen LogP) is 1.27. The third-order valence-electron chi connectivity index (χ3n) is 3.32. The Labute approximate surface area is 142 Å². The summed E-state index contributed by atoms with van der Waals surface area (Å²) in [6.07, 6.45) is 0.113. The smallest absolute Gasteiger partial charge is 0.307 e. The molecule has 0 heterocycles. The molecule has 0 fully saturated rings. The third kappa shape index (κ3) is 6.29. The standard InChI is InChI=1S/C16H24N2O5S/c1-4-23-15(19)9-10-18(16(20)12(2)3)11-13-5-7-14(8-6-13)24(17,21)22/h5-8,12H,4,9-11H2,1-3H3,(H2,17,21,22). The van der Waals surface area contributed by atoms with Gasteiger partial charge in [0.1, 0.15) is 0 Å². The third-order valence-corrected chi connectivity index (χ3v) is 4.25. The monoisotopic (exact) mass is 356 g/mol. The van der Waals surface area contributed by atoms with E-state index in [4.69, 9.17) is 9.88 Å². The van der Waals surface area contributed by atoms with Crippen molar-refractivity contribution in [3.63, 3.8) is 0 Å². The summed E-state index contributed by atoms with van der Waals surface area (Å²) in [4.78, 5) is 25.4. The summed E-state index contributed by atoms with van der Waals surface area (Å²) in [5.41, 5.74) is 0.750. The van der Waals surface area contributed by atoms with E-state index in [0.29, 0.717) is 6.61 Å². The zero-order valence-electron chi connectivity index (χ0n) is 14.2. The van der Waals surface area contributed by atoms with Gasteiger partial charge in [-0.1, -0.05) is 26.0 Å². The molecule has 0 saturated carbocycles. The zero-order valence-corrected chi connectivity index (χ0v) is 15.0. The van der Waals surface area contributed by atoms with Crippen LogP contribution in [0.15, 0.2) is 29.2 Å². The lowest BCUT2D eigenvalue weighted by Gasteiger charge is -2.24. The van der Waals surface area contributed by atoms with Crippen LogP contribution in [0.5, 0.6) is 0 Å². The maximum absolute atomic E-state index is 12.3. The largest absolute Gasteiger partial charge is 0.466 e. The average molecular weight is 356 g/mol. The predicted molar refractivity (Wildman–Crippen MR) is 89.3 cm³/mol. The summed E-state index contributed by atoms with van der Waals surface area (Å²) >= 11 is 0. The molecule has 1 aromatic carbocycles. The minimum Gasteiger partial charge on any atom is -0.466 e. The molecule has 2 N–H and O–H groups in total. The number of primary sulfonamides is 1. The van der Waals surface area contributed by atoms with Crippen molar-refractivity contribution in [1.29, 1.82) is 0 Å². The number of benzene rings is 1. The Morgan fingerprint density at radius 3 is 2.25 bits per heavy atom. The number of amides is 1. The number of ether oxygens (including phenoxy) is 1. The topological polar surface area (TPSA) is 107 Å². The van der Waals surface area contributed by atoms with Gasteiger partial charge in [0.15, 0.2) is 0 Å². The second-order valence-electron chi connectivity index (χ2n) is 5.66. The molecule has 0 saturated heterocycles. The number of carbonyl (C=O) groups excluding carboxylic acids is 2. The van der Waals surface area contributed by atoms with Crippen LogP contribution in [0.2, 0.25) is 0 Å². The molecule has 0 radical (unpaired) electrons. The van der Waals surface area contributed by atoms with Crippen LogP contribution in [0.1, 0.15) is 32.8 Å². The van der Waals surface area contributed by atoms with E-state index < -0.39 is 10.0 Å². The molecule has 0 atom stereocenters. The van der Waals surface area contributed by atoms with Crippen molar-refractivity contribution in [3.8, 4) is 0 Å². The fraction of sp³-hybridized carbons (Fsp3) is 0.500. The number of nitrogens with zero attached hydrogens (tertiary/aromatic N) is 1. The fourth-order valence-electron chi connectivity index (χ4n) is 2.10. The van der Waals surface area contributed by atoms with E-state index in [9.17, 15) is 18.0 Å². The second-order valence-corrected chi connectivity index (χ2v) is 7.22. The molecule has 0 spiro atoms. The molecule has 7 nitrogen and oxygen atoms in total. The minimum atomic E-state index is -3.75. The van der Waals surface area contributed by atoms with Crippen LogP contribution >= 0.6 is 0 Å². The Kier molecular flexibility index (Phi) is 7.37. The lowest BCUT2D eigenvalue weighted by atomic mass is 10.1. The molecule has 24 heavy (non-hydrogen) atoms. The molecule has 1 amide bonds. The van der Waals surface area contributed by atoms with Crippen molar-refractivity contribution in [2.75, 3.05) is 13.2 Å². The van der Waals surface area contributed by atoms with E-state index in [1.807, 2.05) is 0 Å². The first kappa shape index (κ1) is 20.1. The summed E-state index contributed by atoms with van der Waals surface area (Å²) in [6.45, 7) is 6.11. The molecular formula is C16H24N2O5S. The van der Waals surface area contributed by atoms with Gasteiger partial charge in [-0.15, -0.1) is 0 Å². The van der Waals surface area contributed by atoms with Gasteiger partial charge in [0, 0.05) is 19.0 Å². The fourth-order valence-corrected chi connectivity index (χ4v) is 2.61. The van der Waals surface area contributed by atoms with Crippen LogP contribution in [0.25, 0.3) is 0 Å². The molecule has 0 aliphatic carbocycles. The van der Waals surface area contributed by atoms with Crippen molar-refractivity contribution in [3.05, 3.63) is 29.8 Å². The Morgan fingerprint density at radius 2 is 1.79 bits per heavy atom. The van der Waals surface area contributed by atoms with Crippen molar-refractivity contribution in [2.24, 2.45) is 11.1 Å².